The van der Waals surface area contributed by atoms with Crippen molar-refractivity contribution in [3.63, 3.8) is 0 Å². The molecule has 1 N–H and O–H groups in total. The van der Waals surface area contributed by atoms with E-state index in [1.165, 1.54) is 12.1 Å². The summed E-state index contributed by atoms with van der Waals surface area (Å²) in [6.45, 7) is 6.42. The smallest absolute Gasteiger partial charge is 0.156 e. The first-order valence-electron chi connectivity index (χ1n) is 5.59. The van der Waals surface area contributed by atoms with Gasteiger partial charge in [0.1, 0.15) is 5.82 Å². The van der Waals surface area contributed by atoms with Crippen LogP contribution >= 0.6 is 15.9 Å². The van der Waals surface area contributed by atoms with Gasteiger partial charge in [-0.2, -0.15) is 0 Å². The molecule has 94 valence electrons. The summed E-state index contributed by atoms with van der Waals surface area (Å²) in [7, 11) is 0. The van der Waals surface area contributed by atoms with Crippen molar-refractivity contribution in [1.29, 1.82) is 0 Å². The lowest BCUT2D eigenvalue weighted by molar-refractivity contribution is -0.123. The first-order valence-corrected chi connectivity index (χ1v) is 6.38. The highest BCUT2D eigenvalue weighted by Gasteiger charge is 2.26. The largest absolute Gasteiger partial charge is 0.306 e. The third-order valence-corrected chi connectivity index (χ3v) is 3.42. The van der Waals surface area contributed by atoms with Crippen LogP contribution in [-0.4, -0.2) is 17.9 Å². The fourth-order valence-corrected chi connectivity index (χ4v) is 2.09. The molecule has 0 heterocycles. The molecule has 0 fully saturated rings. The van der Waals surface area contributed by atoms with Crippen molar-refractivity contribution in [1.82, 2.24) is 5.32 Å². The van der Waals surface area contributed by atoms with E-state index in [1.807, 2.05) is 20.8 Å². The topological polar surface area (TPSA) is 29.1 Å². The standard InChI is InChI=1S/C13H17BrFNO/c1-4-16-13(2,3)12(17)7-9-5-6-10(15)8-11(9)14/h5-6,8,16H,4,7H2,1-3H3. The van der Waals surface area contributed by atoms with Gasteiger partial charge in [0.2, 0.25) is 0 Å². The van der Waals surface area contributed by atoms with E-state index in [4.69, 9.17) is 0 Å². The number of halogens is 2. The number of nitrogens with one attached hydrogen (secondary N) is 1. The van der Waals surface area contributed by atoms with Crippen LogP contribution in [0.5, 0.6) is 0 Å². The van der Waals surface area contributed by atoms with E-state index in [-0.39, 0.29) is 11.6 Å². The van der Waals surface area contributed by atoms with Crippen molar-refractivity contribution in [3.05, 3.63) is 34.1 Å². The van der Waals surface area contributed by atoms with Crippen molar-refractivity contribution in [2.75, 3.05) is 6.54 Å². The zero-order chi connectivity index (χ0) is 13.1. The van der Waals surface area contributed by atoms with Gasteiger partial charge in [-0.1, -0.05) is 28.9 Å². The second-order valence-corrected chi connectivity index (χ2v) is 5.35. The third kappa shape index (κ3) is 3.89. The Hall–Kier alpha value is -0.740. The first kappa shape index (κ1) is 14.3. The molecular weight excluding hydrogens is 285 g/mol. The van der Waals surface area contributed by atoms with Crippen LogP contribution in [0.4, 0.5) is 4.39 Å². The van der Waals surface area contributed by atoms with Crippen LogP contribution < -0.4 is 5.32 Å². The Morgan fingerprint density at radius 1 is 1.47 bits per heavy atom. The summed E-state index contributed by atoms with van der Waals surface area (Å²) in [5.74, 6) is -0.217. The van der Waals surface area contributed by atoms with E-state index in [1.54, 1.807) is 6.07 Å². The van der Waals surface area contributed by atoms with Gasteiger partial charge < -0.3 is 5.32 Å². The fourth-order valence-electron chi connectivity index (χ4n) is 1.60. The third-order valence-electron chi connectivity index (χ3n) is 2.68. The molecule has 4 heteroatoms. The van der Waals surface area contributed by atoms with Gasteiger partial charge in [0, 0.05) is 10.9 Å². The summed E-state index contributed by atoms with van der Waals surface area (Å²) in [5.41, 5.74) is 0.255. The fraction of sp³-hybridized carbons (Fsp3) is 0.462. The molecule has 0 aromatic heterocycles. The zero-order valence-electron chi connectivity index (χ0n) is 10.3. The van der Waals surface area contributed by atoms with Crippen LogP contribution in [0.2, 0.25) is 0 Å². The molecule has 2 nitrogen and oxygen atoms in total. The molecule has 0 aliphatic heterocycles. The molecule has 0 bridgehead atoms. The highest BCUT2D eigenvalue weighted by Crippen LogP contribution is 2.20. The number of rotatable bonds is 5. The minimum absolute atomic E-state index is 0.0895. The van der Waals surface area contributed by atoms with Gasteiger partial charge in [-0.15, -0.1) is 0 Å². The van der Waals surface area contributed by atoms with E-state index in [9.17, 15) is 9.18 Å². The number of hydrogen-bond acceptors (Lipinski definition) is 2. The Morgan fingerprint density at radius 2 is 2.12 bits per heavy atom. The highest BCUT2D eigenvalue weighted by molar-refractivity contribution is 9.10. The van der Waals surface area contributed by atoms with E-state index >= 15 is 0 Å². The number of benzene rings is 1. The summed E-state index contributed by atoms with van der Waals surface area (Å²) in [6, 6.07) is 4.38. The van der Waals surface area contributed by atoms with Crippen LogP contribution in [0.1, 0.15) is 26.3 Å². The molecule has 1 aromatic carbocycles. The van der Waals surface area contributed by atoms with Crippen molar-refractivity contribution in [2.45, 2.75) is 32.7 Å². The van der Waals surface area contributed by atoms with E-state index in [0.717, 1.165) is 12.1 Å². The second-order valence-electron chi connectivity index (χ2n) is 4.49. The molecule has 0 saturated heterocycles. The van der Waals surface area contributed by atoms with Gasteiger partial charge in [-0.05, 0) is 38.1 Å². The van der Waals surface area contributed by atoms with E-state index < -0.39 is 5.54 Å². The van der Waals surface area contributed by atoms with Crippen molar-refractivity contribution in [3.8, 4) is 0 Å². The summed E-state index contributed by atoms with van der Waals surface area (Å²) in [5, 5.41) is 3.13. The molecular formula is C13H17BrFNO. The van der Waals surface area contributed by atoms with Gasteiger partial charge in [-0.3, -0.25) is 4.79 Å². The summed E-state index contributed by atoms with van der Waals surface area (Å²) < 4.78 is 13.5. The van der Waals surface area contributed by atoms with Gasteiger partial charge in [0.05, 0.1) is 5.54 Å². The SMILES string of the molecule is CCNC(C)(C)C(=O)Cc1ccc(F)cc1Br. The van der Waals surface area contributed by atoms with Gasteiger partial charge in [0.25, 0.3) is 0 Å². The Kier molecular flexibility index (Phi) is 4.83. The van der Waals surface area contributed by atoms with E-state index in [2.05, 4.69) is 21.2 Å². The van der Waals surface area contributed by atoms with Gasteiger partial charge >= 0.3 is 0 Å². The summed E-state index contributed by atoms with van der Waals surface area (Å²) in [6.07, 6.45) is 0.293. The maximum absolute atomic E-state index is 12.9. The molecule has 0 atom stereocenters. The highest BCUT2D eigenvalue weighted by atomic mass is 79.9. The average Bonchev–Trinajstić information content (AvgIpc) is 2.22. The number of Topliss-reactive ketones (excluding diaryl/α,β-unsaturated/α-hetero) is 1. The number of hydrogen-bond donors (Lipinski definition) is 1. The Labute approximate surface area is 110 Å². The molecule has 0 aliphatic carbocycles. The van der Waals surface area contributed by atoms with Crippen LogP contribution in [0.3, 0.4) is 0 Å². The van der Waals surface area contributed by atoms with Crippen molar-refractivity contribution < 1.29 is 9.18 Å². The van der Waals surface area contributed by atoms with Crippen LogP contribution in [-0.2, 0) is 11.2 Å². The number of ketones is 1. The maximum atomic E-state index is 12.9. The Balaban J connectivity index is 2.81. The quantitative estimate of drug-likeness (QED) is 0.905. The molecule has 0 unspecified atom stereocenters. The monoisotopic (exact) mass is 301 g/mol. The minimum Gasteiger partial charge on any atom is -0.306 e. The number of carbonyl (C=O) groups excluding carboxylic acids is 1. The predicted octanol–water partition coefficient (Wildman–Crippen LogP) is 3.09. The Bertz CT molecular complexity index is 418. The lowest BCUT2D eigenvalue weighted by Gasteiger charge is -2.24. The van der Waals surface area contributed by atoms with Crippen molar-refractivity contribution in [2.24, 2.45) is 0 Å². The van der Waals surface area contributed by atoms with Crippen molar-refractivity contribution >= 4 is 21.7 Å². The average molecular weight is 302 g/mol. The molecule has 17 heavy (non-hydrogen) atoms. The number of carbonyl (C=O) groups is 1. The molecule has 1 rings (SSSR count). The van der Waals surface area contributed by atoms with Gasteiger partial charge in [-0.25, -0.2) is 4.39 Å². The molecule has 1 aromatic rings. The maximum Gasteiger partial charge on any atom is 0.156 e. The summed E-state index contributed by atoms with van der Waals surface area (Å²) >= 11 is 3.27. The number of likely N-dealkylation sites (N-methyl/N-ethyl adjacent to an activating group) is 1. The first-order chi connectivity index (χ1) is 7.86. The second kappa shape index (κ2) is 5.74. The van der Waals surface area contributed by atoms with Crippen LogP contribution in [0, 0.1) is 5.82 Å². The molecule has 0 aliphatic rings. The molecule has 0 saturated carbocycles. The normalized spacial score (nSPS) is 11.6. The predicted molar refractivity (Wildman–Crippen MR) is 70.6 cm³/mol. The molecule has 0 spiro atoms. The van der Waals surface area contributed by atoms with E-state index in [0.29, 0.717) is 10.9 Å². The van der Waals surface area contributed by atoms with Gasteiger partial charge in [0.15, 0.2) is 5.78 Å². The van der Waals surface area contributed by atoms with Crippen LogP contribution in [0.25, 0.3) is 0 Å². The lowest BCUT2D eigenvalue weighted by atomic mass is 9.93. The lowest BCUT2D eigenvalue weighted by Crippen LogP contribution is -2.47. The van der Waals surface area contributed by atoms with Crippen LogP contribution in [0.15, 0.2) is 22.7 Å². The minimum atomic E-state index is -0.553. The Morgan fingerprint density at radius 3 is 2.65 bits per heavy atom. The summed E-state index contributed by atoms with van der Waals surface area (Å²) in [4.78, 5) is 12.1. The molecule has 0 radical (unpaired) electrons. The zero-order valence-corrected chi connectivity index (χ0v) is 11.9. The molecule has 0 amide bonds.